The smallest absolute Gasteiger partial charge is 0.194 e. The van der Waals surface area contributed by atoms with Crippen LogP contribution in [0.2, 0.25) is 0 Å². The lowest BCUT2D eigenvalue weighted by Crippen LogP contribution is -2.17. The van der Waals surface area contributed by atoms with Crippen molar-refractivity contribution in [3.8, 4) is 0 Å². The van der Waals surface area contributed by atoms with Gasteiger partial charge < -0.3 is 0 Å². The number of benzene rings is 2. The molecule has 1 saturated carbocycles. The second-order valence-electron chi connectivity index (χ2n) is 9.09. The molecule has 0 spiro atoms. The molecule has 3 unspecified atom stereocenters. The van der Waals surface area contributed by atoms with Gasteiger partial charge in [0, 0.05) is 5.92 Å². The van der Waals surface area contributed by atoms with E-state index >= 15 is 4.39 Å². The van der Waals surface area contributed by atoms with Gasteiger partial charge in [0.05, 0.1) is 0 Å². The van der Waals surface area contributed by atoms with Gasteiger partial charge in [0.25, 0.3) is 0 Å². The summed E-state index contributed by atoms with van der Waals surface area (Å²) < 4.78 is 55.6. The van der Waals surface area contributed by atoms with E-state index in [9.17, 15) is 13.2 Å². The molecule has 0 radical (unpaired) electrons. The van der Waals surface area contributed by atoms with Crippen LogP contribution in [0.25, 0.3) is 0 Å². The monoisotopic (exact) mass is 420 g/mol. The molecule has 0 saturated heterocycles. The van der Waals surface area contributed by atoms with Gasteiger partial charge in [-0.1, -0.05) is 57.9 Å². The predicted octanol–water partition coefficient (Wildman–Crippen LogP) is 8.42. The van der Waals surface area contributed by atoms with Crippen molar-refractivity contribution in [1.82, 2.24) is 0 Å². The number of halogens is 4. The van der Waals surface area contributed by atoms with E-state index in [2.05, 4.69) is 31.2 Å². The topological polar surface area (TPSA) is 0 Å². The lowest BCUT2D eigenvalue weighted by molar-refractivity contribution is 0.246. The fraction of sp³-hybridized carbons (Fsp3) is 0.538. The van der Waals surface area contributed by atoms with Crippen molar-refractivity contribution in [2.75, 3.05) is 0 Å². The predicted molar refractivity (Wildman–Crippen MR) is 114 cm³/mol. The van der Waals surface area contributed by atoms with Gasteiger partial charge in [-0.15, -0.1) is 0 Å². The largest absolute Gasteiger partial charge is 0.247 e. The summed E-state index contributed by atoms with van der Waals surface area (Å²) in [5.41, 5.74) is 2.60. The summed E-state index contributed by atoms with van der Waals surface area (Å²) in [6.45, 7) is 6.07. The molecule has 30 heavy (non-hydrogen) atoms. The standard InChI is InChI=1S/C26H32F4/c1-4-22(21-14-24(28)26(30)25(29)15-21)23(27)13-17(3)18-9-11-20(12-10-18)19-7-5-16(2)6-8-19/h9-12,14-17,19,22-23H,4-8,13H2,1-3H3. The van der Waals surface area contributed by atoms with Crippen LogP contribution in [0.1, 0.15) is 93.7 Å². The van der Waals surface area contributed by atoms with Gasteiger partial charge in [-0.25, -0.2) is 17.6 Å². The van der Waals surface area contributed by atoms with Crippen molar-refractivity contribution >= 4 is 0 Å². The van der Waals surface area contributed by atoms with E-state index in [1.165, 1.54) is 31.2 Å². The first-order valence-corrected chi connectivity index (χ1v) is 11.2. The minimum Gasteiger partial charge on any atom is -0.247 e. The molecule has 2 aromatic carbocycles. The van der Waals surface area contributed by atoms with Crippen molar-refractivity contribution < 1.29 is 17.6 Å². The molecule has 0 bridgehead atoms. The fourth-order valence-electron chi connectivity index (χ4n) is 4.82. The highest BCUT2D eigenvalue weighted by molar-refractivity contribution is 5.29. The molecule has 4 heteroatoms. The van der Waals surface area contributed by atoms with E-state index in [4.69, 9.17) is 0 Å². The molecule has 1 fully saturated rings. The van der Waals surface area contributed by atoms with Crippen LogP contribution in [0.15, 0.2) is 36.4 Å². The molecule has 1 aliphatic carbocycles. The molecular formula is C26H32F4. The average molecular weight is 421 g/mol. The van der Waals surface area contributed by atoms with E-state index < -0.39 is 29.5 Å². The number of alkyl halides is 1. The molecule has 0 heterocycles. The first-order valence-electron chi connectivity index (χ1n) is 11.2. The molecule has 0 aliphatic heterocycles. The summed E-state index contributed by atoms with van der Waals surface area (Å²) in [5, 5.41) is 0. The van der Waals surface area contributed by atoms with Crippen molar-refractivity contribution in [2.24, 2.45) is 5.92 Å². The van der Waals surface area contributed by atoms with Crippen LogP contribution in [0, 0.1) is 23.4 Å². The van der Waals surface area contributed by atoms with Crippen LogP contribution in [0.3, 0.4) is 0 Å². The highest BCUT2D eigenvalue weighted by atomic mass is 19.2. The maximum Gasteiger partial charge on any atom is 0.194 e. The Labute approximate surface area is 177 Å². The van der Waals surface area contributed by atoms with Crippen molar-refractivity contribution in [1.29, 1.82) is 0 Å². The van der Waals surface area contributed by atoms with E-state index in [0.29, 0.717) is 12.3 Å². The Kier molecular flexibility index (Phi) is 7.60. The Morgan fingerprint density at radius 1 is 0.900 bits per heavy atom. The Balaban J connectivity index is 1.66. The minimum atomic E-state index is -1.51. The van der Waals surface area contributed by atoms with Gasteiger partial charge in [-0.3, -0.25) is 0 Å². The molecule has 0 N–H and O–H groups in total. The van der Waals surface area contributed by atoms with Gasteiger partial charge in [0.2, 0.25) is 0 Å². The Bertz CT molecular complexity index is 798. The molecule has 164 valence electrons. The van der Waals surface area contributed by atoms with Gasteiger partial charge in [-0.05, 0) is 72.3 Å². The number of hydrogen-bond donors (Lipinski definition) is 0. The third-order valence-corrected chi connectivity index (χ3v) is 6.88. The zero-order chi connectivity index (χ0) is 21.8. The van der Waals surface area contributed by atoms with Crippen LogP contribution in [0.4, 0.5) is 17.6 Å². The first-order chi connectivity index (χ1) is 14.3. The normalized spacial score (nSPS) is 22.5. The van der Waals surface area contributed by atoms with Crippen LogP contribution in [-0.4, -0.2) is 6.17 Å². The molecular weight excluding hydrogens is 388 g/mol. The maximum absolute atomic E-state index is 15.1. The highest BCUT2D eigenvalue weighted by Gasteiger charge is 2.26. The SMILES string of the molecule is CCC(c1cc(F)c(F)c(F)c1)C(F)CC(C)c1ccc(C2CCC(C)CC2)cc1. The number of rotatable bonds is 7. The first kappa shape index (κ1) is 22.8. The van der Waals surface area contributed by atoms with Gasteiger partial charge >= 0.3 is 0 Å². The van der Waals surface area contributed by atoms with Crippen molar-refractivity contribution in [3.05, 3.63) is 70.5 Å². The average Bonchev–Trinajstić information content (AvgIpc) is 2.73. The summed E-state index contributed by atoms with van der Waals surface area (Å²) in [7, 11) is 0. The second-order valence-corrected chi connectivity index (χ2v) is 9.09. The molecule has 0 nitrogen and oxygen atoms in total. The zero-order valence-corrected chi connectivity index (χ0v) is 18.1. The lowest BCUT2D eigenvalue weighted by Gasteiger charge is -2.27. The molecule has 0 amide bonds. The van der Waals surface area contributed by atoms with Crippen LogP contribution in [-0.2, 0) is 0 Å². The van der Waals surface area contributed by atoms with Crippen LogP contribution in [0.5, 0.6) is 0 Å². The Morgan fingerprint density at radius 2 is 1.47 bits per heavy atom. The highest BCUT2D eigenvalue weighted by Crippen LogP contribution is 2.37. The zero-order valence-electron chi connectivity index (χ0n) is 18.1. The summed E-state index contributed by atoms with van der Waals surface area (Å²) in [5.74, 6) is -3.30. The van der Waals surface area contributed by atoms with Crippen molar-refractivity contribution in [2.45, 2.75) is 83.2 Å². The maximum atomic E-state index is 15.1. The fourth-order valence-corrected chi connectivity index (χ4v) is 4.82. The summed E-state index contributed by atoms with van der Waals surface area (Å²) in [4.78, 5) is 0. The van der Waals surface area contributed by atoms with E-state index in [1.54, 1.807) is 6.92 Å². The van der Waals surface area contributed by atoms with E-state index in [0.717, 1.165) is 23.6 Å². The third-order valence-electron chi connectivity index (χ3n) is 6.88. The molecule has 3 atom stereocenters. The Morgan fingerprint density at radius 3 is 2.00 bits per heavy atom. The van der Waals surface area contributed by atoms with Gasteiger partial charge in [0.15, 0.2) is 17.5 Å². The molecule has 0 aromatic heterocycles. The summed E-state index contributed by atoms with van der Waals surface area (Å²) >= 11 is 0. The number of hydrogen-bond acceptors (Lipinski definition) is 0. The summed E-state index contributed by atoms with van der Waals surface area (Å²) in [6, 6.07) is 10.3. The van der Waals surface area contributed by atoms with Crippen molar-refractivity contribution in [3.63, 3.8) is 0 Å². The van der Waals surface area contributed by atoms with Gasteiger partial charge in [0.1, 0.15) is 6.17 Å². The minimum absolute atomic E-state index is 0.0235. The van der Waals surface area contributed by atoms with Crippen LogP contribution < -0.4 is 0 Å². The van der Waals surface area contributed by atoms with E-state index in [1.807, 2.05) is 6.92 Å². The summed E-state index contributed by atoms with van der Waals surface area (Å²) in [6.07, 6.45) is 4.37. The second kappa shape index (κ2) is 9.98. The van der Waals surface area contributed by atoms with Gasteiger partial charge in [-0.2, -0.15) is 0 Å². The molecule has 3 rings (SSSR count). The molecule has 2 aromatic rings. The quantitative estimate of drug-likeness (QED) is 0.311. The Hall–Kier alpha value is -1.84. The molecule has 1 aliphatic rings. The van der Waals surface area contributed by atoms with E-state index in [-0.39, 0.29) is 17.9 Å². The van der Waals surface area contributed by atoms with Crippen LogP contribution >= 0.6 is 0 Å². The third kappa shape index (κ3) is 5.25. The lowest BCUT2D eigenvalue weighted by atomic mass is 9.79.